The van der Waals surface area contributed by atoms with Gasteiger partial charge in [0.1, 0.15) is 0 Å². The molecule has 1 heteroatoms. The number of rotatable bonds is 8. The third-order valence-corrected chi connectivity index (χ3v) is 5.56. The number of benzene rings is 2. The van der Waals surface area contributed by atoms with Gasteiger partial charge in [0.25, 0.3) is 0 Å². The van der Waals surface area contributed by atoms with E-state index in [1.807, 2.05) is 0 Å². The van der Waals surface area contributed by atoms with Gasteiger partial charge in [-0.25, -0.2) is 0 Å². The van der Waals surface area contributed by atoms with Gasteiger partial charge in [0, 0.05) is 6.61 Å². The highest BCUT2D eigenvalue weighted by atomic mass is 16.5. The van der Waals surface area contributed by atoms with Gasteiger partial charge in [0.05, 0.1) is 6.10 Å². The third kappa shape index (κ3) is 4.98. The van der Waals surface area contributed by atoms with Crippen molar-refractivity contribution in [3.63, 3.8) is 0 Å². The Morgan fingerprint density at radius 3 is 1.88 bits per heavy atom. The van der Waals surface area contributed by atoms with Crippen LogP contribution in [0.25, 0.3) is 11.1 Å². The van der Waals surface area contributed by atoms with Gasteiger partial charge in [0.15, 0.2) is 0 Å². The average Bonchev–Trinajstić information content (AvgIpc) is 2.76. The minimum atomic E-state index is 0.300. The SMILES string of the molecule is CCCCCCCCOC1Cc2cc(C)ccc2-c2ccc(C)cc2C1. The number of aryl methyl sites for hydroxylation is 2. The van der Waals surface area contributed by atoms with E-state index in [-0.39, 0.29) is 0 Å². The van der Waals surface area contributed by atoms with Crippen LogP contribution in [-0.4, -0.2) is 12.7 Å². The van der Waals surface area contributed by atoms with Gasteiger partial charge in [-0.15, -0.1) is 0 Å². The lowest BCUT2D eigenvalue weighted by Gasteiger charge is -2.17. The van der Waals surface area contributed by atoms with Gasteiger partial charge in [-0.3, -0.25) is 0 Å². The normalized spacial score (nSPS) is 14.0. The molecule has 0 radical (unpaired) electrons. The molecule has 0 spiro atoms. The molecule has 0 saturated heterocycles. The molecule has 0 fully saturated rings. The lowest BCUT2D eigenvalue weighted by atomic mass is 9.94. The summed E-state index contributed by atoms with van der Waals surface area (Å²) in [4.78, 5) is 0. The third-order valence-electron chi connectivity index (χ3n) is 5.56. The zero-order valence-electron chi connectivity index (χ0n) is 16.8. The zero-order valence-corrected chi connectivity index (χ0v) is 16.8. The molecule has 0 unspecified atom stereocenters. The first-order chi connectivity index (χ1) is 12.7. The van der Waals surface area contributed by atoms with Crippen LogP contribution >= 0.6 is 0 Å². The molecule has 2 aromatic rings. The topological polar surface area (TPSA) is 9.23 Å². The summed E-state index contributed by atoms with van der Waals surface area (Å²) in [5, 5.41) is 0. The van der Waals surface area contributed by atoms with Crippen molar-refractivity contribution in [3.05, 3.63) is 58.7 Å². The second-order valence-electron chi connectivity index (χ2n) is 7.99. The first-order valence-electron chi connectivity index (χ1n) is 10.5. The molecule has 0 amide bonds. The molecule has 1 nitrogen and oxygen atoms in total. The largest absolute Gasteiger partial charge is 0.378 e. The van der Waals surface area contributed by atoms with Gasteiger partial charge in [0.2, 0.25) is 0 Å². The van der Waals surface area contributed by atoms with Crippen LogP contribution in [0.2, 0.25) is 0 Å². The summed E-state index contributed by atoms with van der Waals surface area (Å²) in [6.07, 6.45) is 10.3. The average molecular weight is 351 g/mol. The van der Waals surface area contributed by atoms with Crippen LogP contribution in [0.3, 0.4) is 0 Å². The Balaban J connectivity index is 1.68. The Morgan fingerprint density at radius 2 is 1.31 bits per heavy atom. The summed E-state index contributed by atoms with van der Waals surface area (Å²) in [5.74, 6) is 0. The van der Waals surface area contributed by atoms with E-state index in [0.29, 0.717) is 6.10 Å². The van der Waals surface area contributed by atoms with Crippen molar-refractivity contribution in [3.8, 4) is 11.1 Å². The van der Waals surface area contributed by atoms with Gasteiger partial charge in [-0.2, -0.15) is 0 Å². The predicted molar refractivity (Wildman–Crippen MR) is 112 cm³/mol. The summed E-state index contributed by atoms with van der Waals surface area (Å²) in [6, 6.07) is 13.8. The van der Waals surface area contributed by atoms with Crippen LogP contribution in [0.1, 0.15) is 67.7 Å². The van der Waals surface area contributed by atoms with E-state index in [9.17, 15) is 0 Å². The maximum Gasteiger partial charge on any atom is 0.0656 e. The minimum Gasteiger partial charge on any atom is -0.378 e. The summed E-state index contributed by atoms with van der Waals surface area (Å²) >= 11 is 0. The van der Waals surface area contributed by atoms with Gasteiger partial charge in [-0.1, -0.05) is 86.6 Å². The van der Waals surface area contributed by atoms with Crippen LogP contribution in [-0.2, 0) is 17.6 Å². The van der Waals surface area contributed by atoms with E-state index in [2.05, 4.69) is 57.2 Å². The molecule has 26 heavy (non-hydrogen) atoms. The highest BCUT2D eigenvalue weighted by molar-refractivity contribution is 5.72. The van der Waals surface area contributed by atoms with Crippen LogP contribution in [0, 0.1) is 13.8 Å². The lowest BCUT2D eigenvalue weighted by Crippen LogP contribution is -2.19. The molecule has 0 N–H and O–H groups in total. The van der Waals surface area contributed by atoms with Gasteiger partial charge in [-0.05, 0) is 55.4 Å². The van der Waals surface area contributed by atoms with E-state index in [1.54, 1.807) is 0 Å². The van der Waals surface area contributed by atoms with Gasteiger partial charge < -0.3 is 4.74 Å². The van der Waals surface area contributed by atoms with Crippen molar-refractivity contribution in [2.24, 2.45) is 0 Å². The fourth-order valence-electron chi connectivity index (χ4n) is 4.12. The predicted octanol–water partition coefficient (Wildman–Crippen LogP) is 6.81. The van der Waals surface area contributed by atoms with Crippen molar-refractivity contribution in [2.45, 2.75) is 78.2 Å². The molecule has 3 rings (SSSR count). The Morgan fingerprint density at radius 1 is 0.769 bits per heavy atom. The summed E-state index contributed by atoms with van der Waals surface area (Å²) in [6.45, 7) is 7.55. The number of unbranched alkanes of at least 4 members (excludes halogenated alkanes) is 5. The number of hydrogen-bond donors (Lipinski definition) is 0. The smallest absolute Gasteiger partial charge is 0.0656 e. The second kappa shape index (κ2) is 9.37. The summed E-state index contributed by atoms with van der Waals surface area (Å²) in [7, 11) is 0. The van der Waals surface area contributed by atoms with Crippen molar-refractivity contribution in [2.75, 3.05) is 6.61 Å². The molecule has 1 aliphatic rings. The highest BCUT2D eigenvalue weighted by Gasteiger charge is 2.21. The Hall–Kier alpha value is -1.60. The van der Waals surface area contributed by atoms with Crippen LogP contribution in [0.5, 0.6) is 0 Å². The zero-order chi connectivity index (χ0) is 18.4. The molecule has 0 atom stereocenters. The van der Waals surface area contributed by atoms with Crippen LogP contribution in [0.4, 0.5) is 0 Å². The van der Waals surface area contributed by atoms with Crippen molar-refractivity contribution in [1.82, 2.24) is 0 Å². The van der Waals surface area contributed by atoms with E-state index < -0.39 is 0 Å². The monoisotopic (exact) mass is 350 g/mol. The quantitative estimate of drug-likeness (QED) is 0.475. The molecule has 140 valence electrons. The second-order valence-corrected chi connectivity index (χ2v) is 7.99. The van der Waals surface area contributed by atoms with Crippen molar-refractivity contribution < 1.29 is 4.74 Å². The first kappa shape index (κ1) is 19.2. The fourth-order valence-corrected chi connectivity index (χ4v) is 4.12. The van der Waals surface area contributed by atoms with Crippen LogP contribution in [0.15, 0.2) is 36.4 Å². The molecular formula is C25H34O. The molecule has 0 aliphatic heterocycles. The first-order valence-corrected chi connectivity index (χ1v) is 10.5. The van der Waals surface area contributed by atoms with Crippen LogP contribution < -0.4 is 0 Å². The number of ether oxygens (including phenoxy) is 1. The van der Waals surface area contributed by atoms with Crippen molar-refractivity contribution >= 4 is 0 Å². The maximum atomic E-state index is 6.36. The van der Waals surface area contributed by atoms with Crippen molar-refractivity contribution in [1.29, 1.82) is 0 Å². The van der Waals surface area contributed by atoms with Gasteiger partial charge >= 0.3 is 0 Å². The summed E-state index contributed by atoms with van der Waals surface area (Å²) in [5.41, 5.74) is 8.37. The van der Waals surface area contributed by atoms with E-state index in [4.69, 9.17) is 4.74 Å². The molecule has 1 aliphatic carbocycles. The highest BCUT2D eigenvalue weighted by Crippen LogP contribution is 2.34. The molecule has 0 bridgehead atoms. The Labute approximate surface area is 159 Å². The van der Waals surface area contributed by atoms with E-state index >= 15 is 0 Å². The number of fused-ring (bicyclic) bond motifs is 3. The summed E-state index contributed by atoms with van der Waals surface area (Å²) < 4.78 is 6.36. The molecule has 0 heterocycles. The minimum absolute atomic E-state index is 0.300. The van der Waals surface area contributed by atoms with E-state index in [0.717, 1.165) is 19.4 Å². The molecule has 0 saturated carbocycles. The molecular weight excluding hydrogens is 316 g/mol. The molecule has 2 aromatic carbocycles. The fraction of sp³-hybridized carbons (Fsp3) is 0.520. The number of hydrogen-bond acceptors (Lipinski definition) is 1. The molecule has 0 aromatic heterocycles. The standard InChI is InChI=1S/C25H34O/c1-4-5-6-7-8-9-14-26-23-17-21-15-19(2)10-12-24(21)25-13-11-20(3)16-22(25)18-23/h10-13,15-16,23H,4-9,14,17-18H2,1-3H3. The Kier molecular flexibility index (Phi) is 6.91. The van der Waals surface area contributed by atoms with E-state index in [1.165, 1.54) is 71.9 Å². The Bertz CT molecular complexity index is 663. The lowest BCUT2D eigenvalue weighted by molar-refractivity contribution is 0.0517. The maximum absolute atomic E-state index is 6.36.